The summed E-state index contributed by atoms with van der Waals surface area (Å²) in [5.41, 5.74) is 1.24. The highest BCUT2D eigenvalue weighted by Gasteiger charge is 2.15. The SMILES string of the molecule is COc1ccc(-c2cc3nccc(Oc4ccc([N+](=O)[O-])cc4F)c3s2)cn1. The predicted octanol–water partition coefficient (Wildman–Crippen LogP) is 5.21. The number of aromatic nitrogens is 2. The van der Waals surface area contributed by atoms with Crippen molar-refractivity contribution in [2.24, 2.45) is 0 Å². The van der Waals surface area contributed by atoms with Gasteiger partial charge in [0.1, 0.15) is 5.75 Å². The molecular weight excluding hydrogens is 385 g/mol. The smallest absolute Gasteiger partial charge is 0.272 e. The second-order valence-corrected chi connectivity index (χ2v) is 6.75. The molecule has 3 aromatic heterocycles. The number of rotatable bonds is 5. The normalized spacial score (nSPS) is 10.8. The topological polar surface area (TPSA) is 87.4 Å². The van der Waals surface area contributed by atoms with E-state index in [2.05, 4.69) is 9.97 Å². The van der Waals surface area contributed by atoms with Gasteiger partial charge in [-0.05, 0) is 18.2 Å². The fraction of sp³-hybridized carbons (Fsp3) is 0.0526. The average Bonchev–Trinajstić information content (AvgIpc) is 3.14. The summed E-state index contributed by atoms with van der Waals surface area (Å²) < 4.78 is 25.7. The van der Waals surface area contributed by atoms with E-state index in [9.17, 15) is 14.5 Å². The third-order valence-electron chi connectivity index (χ3n) is 3.95. The standard InChI is InChI=1S/C19H12FN3O4S/c1-26-18-5-2-11(10-22-18)17-9-14-19(28-17)16(6-7-21-14)27-15-4-3-12(23(24)25)8-13(15)20/h2-10H,1H3. The summed E-state index contributed by atoms with van der Waals surface area (Å²) in [6, 6.07) is 10.4. The van der Waals surface area contributed by atoms with Crippen molar-refractivity contribution in [1.82, 2.24) is 9.97 Å². The van der Waals surface area contributed by atoms with Crippen molar-refractivity contribution >= 4 is 27.2 Å². The fourth-order valence-electron chi connectivity index (χ4n) is 2.59. The Balaban J connectivity index is 1.70. The Morgan fingerprint density at radius 3 is 2.64 bits per heavy atom. The number of pyridine rings is 2. The van der Waals surface area contributed by atoms with E-state index in [0.717, 1.165) is 21.2 Å². The van der Waals surface area contributed by atoms with Crippen LogP contribution < -0.4 is 9.47 Å². The zero-order valence-corrected chi connectivity index (χ0v) is 15.3. The lowest BCUT2D eigenvalue weighted by Gasteiger charge is -2.07. The Morgan fingerprint density at radius 1 is 1.11 bits per heavy atom. The van der Waals surface area contributed by atoms with Crippen LogP contribution in [0.4, 0.5) is 10.1 Å². The van der Waals surface area contributed by atoms with Gasteiger partial charge >= 0.3 is 0 Å². The number of non-ortho nitro benzene ring substituents is 1. The molecule has 0 aliphatic rings. The molecule has 0 bridgehead atoms. The Bertz CT molecular complexity index is 1180. The van der Waals surface area contributed by atoms with Crippen LogP contribution in [0.3, 0.4) is 0 Å². The highest BCUT2D eigenvalue weighted by atomic mass is 32.1. The Morgan fingerprint density at radius 2 is 1.96 bits per heavy atom. The van der Waals surface area contributed by atoms with Crippen molar-refractivity contribution in [2.45, 2.75) is 0 Å². The van der Waals surface area contributed by atoms with Crippen molar-refractivity contribution in [3.63, 3.8) is 0 Å². The summed E-state index contributed by atoms with van der Waals surface area (Å²) in [6.45, 7) is 0. The van der Waals surface area contributed by atoms with Crippen molar-refractivity contribution in [2.75, 3.05) is 7.11 Å². The van der Waals surface area contributed by atoms with E-state index >= 15 is 0 Å². The van der Waals surface area contributed by atoms with Gasteiger partial charge in [-0.25, -0.2) is 9.37 Å². The number of nitro groups is 1. The zero-order valence-electron chi connectivity index (χ0n) is 14.5. The molecule has 0 radical (unpaired) electrons. The molecule has 0 aliphatic carbocycles. The quantitative estimate of drug-likeness (QED) is 0.339. The molecule has 28 heavy (non-hydrogen) atoms. The molecule has 9 heteroatoms. The summed E-state index contributed by atoms with van der Waals surface area (Å²) in [7, 11) is 1.55. The van der Waals surface area contributed by atoms with Gasteiger partial charge in [-0.15, -0.1) is 11.3 Å². The average molecular weight is 397 g/mol. The van der Waals surface area contributed by atoms with E-state index in [1.165, 1.54) is 23.5 Å². The molecule has 0 N–H and O–H groups in total. The molecule has 140 valence electrons. The lowest BCUT2D eigenvalue weighted by molar-refractivity contribution is -0.385. The summed E-state index contributed by atoms with van der Waals surface area (Å²) in [6.07, 6.45) is 3.25. The van der Waals surface area contributed by atoms with E-state index in [1.54, 1.807) is 31.6 Å². The van der Waals surface area contributed by atoms with E-state index in [-0.39, 0.29) is 11.4 Å². The lowest BCUT2D eigenvalue weighted by Crippen LogP contribution is -1.92. The van der Waals surface area contributed by atoms with Gasteiger partial charge in [-0.2, -0.15) is 0 Å². The first-order valence-corrected chi connectivity index (χ1v) is 8.87. The largest absolute Gasteiger partial charge is 0.481 e. The molecule has 0 saturated heterocycles. The summed E-state index contributed by atoms with van der Waals surface area (Å²) >= 11 is 1.42. The zero-order chi connectivity index (χ0) is 19.7. The van der Waals surface area contributed by atoms with Gasteiger partial charge in [0.05, 0.1) is 28.3 Å². The minimum Gasteiger partial charge on any atom is -0.481 e. The van der Waals surface area contributed by atoms with Gasteiger partial charge in [0.25, 0.3) is 5.69 Å². The van der Waals surface area contributed by atoms with Crippen LogP contribution in [0.1, 0.15) is 0 Å². The van der Waals surface area contributed by atoms with Crippen LogP contribution in [0.25, 0.3) is 20.7 Å². The van der Waals surface area contributed by atoms with Gasteiger partial charge in [0.2, 0.25) is 5.88 Å². The number of halogens is 1. The maximum Gasteiger partial charge on any atom is 0.272 e. The molecule has 0 fully saturated rings. The van der Waals surface area contributed by atoms with Crippen LogP contribution in [-0.2, 0) is 0 Å². The molecule has 0 spiro atoms. The van der Waals surface area contributed by atoms with E-state index in [4.69, 9.17) is 9.47 Å². The van der Waals surface area contributed by atoms with Crippen LogP contribution in [0.2, 0.25) is 0 Å². The van der Waals surface area contributed by atoms with Crippen LogP contribution in [0, 0.1) is 15.9 Å². The fourth-order valence-corrected chi connectivity index (χ4v) is 3.64. The highest BCUT2D eigenvalue weighted by molar-refractivity contribution is 7.22. The van der Waals surface area contributed by atoms with Gasteiger partial charge in [-0.1, -0.05) is 0 Å². The van der Waals surface area contributed by atoms with Crippen molar-refractivity contribution in [3.8, 4) is 27.8 Å². The van der Waals surface area contributed by atoms with Crippen LogP contribution in [0.15, 0.2) is 54.9 Å². The maximum atomic E-state index is 14.2. The maximum absolute atomic E-state index is 14.2. The number of methoxy groups -OCH3 is 1. The minimum absolute atomic E-state index is 0.0980. The van der Waals surface area contributed by atoms with Gasteiger partial charge in [0.15, 0.2) is 11.6 Å². The second kappa shape index (κ2) is 7.20. The van der Waals surface area contributed by atoms with E-state index in [1.807, 2.05) is 12.1 Å². The first-order chi connectivity index (χ1) is 13.5. The van der Waals surface area contributed by atoms with Crippen LogP contribution in [-0.4, -0.2) is 22.0 Å². The number of hydrogen-bond donors (Lipinski definition) is 0. The van der Waals surface area contributed by atoms with E-state index in [0.29, 0.717) is 17.1 Å². The number of nitrogens with zero attached hydrogens (tertiary/aromatic N) is 3. The van der Waals surface area contributed by atoms with Gasteiger partial charge in [-0.3, -0.25) is 15.1 Å². The molecular formula is C19H12FN3O4S. The predicted molar refractivity (Wildman–Crippen MR) is 103 cm³/mol. The first-order valence-electron chi connectivity index (χ1n) is 8.06. The number of benzene rings is 1. The third-order valence-corrected chi connectivity index (χ3v) is 5.14. The first kappa shape index (κ1) is 17.8. The highest BCUT2D eigenvalue weighted by Crippen LogP contribution is 2.39. The summed E-state index contributed by atoms with van der Waals surface area (Å²) in [5.74, 6) is 0.0191. The van der Waals surface area contributed by atoms with Crippen molar-refractivity contribution in [1.29, 1.82) is 0 Å². The van der Waals surface area contributed by atoms with E-state index < -0.39 is 10.7 Å². The third kappa shape index (κ3) is 3.35. The molecule has 7 nitrogen and oxygen atoms in total. The summed E-state index contributed by atoms with van der Waals surface area (Å²) in [4.78, 5) is 19.5. The number of ether oxygens (including phenoxy) is 2. The molecule has 4 rings (SSSR count). The lowest BCUT2D eigenvalue weighted by atomic mass is 10.2. The van der Waals surface area contributed by atoms with Gasteiger partial charge < -0.3 is 9.47 Å². The van der Waals surface area contributed by atoms with Crippen LogP contribution in [0.5, 0.6) is 17.4 Å². The van der Waals surface area contributed by atoms with Gasteiger partial charge in [0, 0.05) is 41.0 Å². The Kier molecular flexibility index (Phi) is 4.58. The Labute approximate surface area is 162 Å². The number of fused-ring (bicyclic) bond motifs is 1. The monoisotopic (exact) mass is 397 g/mol. The second-order valence-electron chi connectivity index (χ2n) is 5.70. The van der Waals surface area contributed by atoms with Crippen molar-refractivity contribution in [3.05, 3.63) is 70.8 Å². The molecule has 3 heterocycles. The molecule has 4 aromatic rings. The summed E-state index contributed by atoms with van der Waals surface area (Å²) in [5, 5.41) is 10.8. The molecule has 1 aromatic carbocycles. The number of hydrogen-bond acceptors (Lipinski definition) is 7. The molecule has 0 amide bonds. The van der Waals surface area contributed by atoms with Crippen molar-refractivity contribution < 1.29 is 18.8 Å². The molecule has 0 atom stereocenters. The molecule has 0 saturated carbocycles. The number of nitro benzene ring substituents is 1. The molecule has 0 aliphatic heterocycles. The Hall–Kier alpha value is -3.59. The molecule has 0 unspecified atom stereocenters. The van der Waals surface area contributed by atoms with Crippen LogP contribution >= 0.6 is 11.3 Å². The minimum atomic E-state index is -0.810. The number of thiophene rings is 1.